The maximum atomic E-state index is 13.3. The Morgan fingerprint density at radius 2 is 1.92 bits per heavy atom. The number of hydrogen-bond acceptors (Lipinski definition) is 3. The molecule has 0 spiro atoms. The number of quaternary nitrogens is 1. The number of rotatable bonds is 6. The molecule has 0 unspecified atom stereocenters. The number of aryl methyl sites for hydroxylation is 1. The summed E-state index contributed by atoms with van der Waals surface area (Å²) in [5.74, 6) is -2.30. The Labute approximate surface area is 149 Å². The van der Waals surface area contributed by atoms with Gasteiger partial charge in [-0.1, -0.05) is 6.07 Å². The molecule has 0 fully saturated rings. The molecule has 2 aromatic rings. The maximum Gasteiger partial charge on any atom is 0.293 e. The van der Waals surface area contributed by atoms with Crippen LogP contribution in [0.25, 0.3) is 0 Å². The van der Waals surface area contributed by atoms with Crippen LogP contribution >= 0.6 is 0 Å². The van der Waals surface area contributed by atoms with Crippen molar-refractivity contribution in [2.75, 3.05) is 11.9 Å². The zero-order valence-electron chi connectivity index (χ0n) is 14.7. The van der Waals surface area contributed by atoms with Gasteiger partial charge in [0.05, 0.1) is 4.92 Å². The van der Waals surface area contributed by atoms with Crippen LogP contribution in [0.15, 0.2) is 30.3 Å². The molecule has 0 aliphatic carbocycles. The van der Waals surface area contributed by atoms with Crippen LogP contribution in [0.2, 0.25) is 0 Å². The van der Waals surface area contributed by atoms with E-state index in [2.05, 4.69) is 5.32 Å². The quantitative estimate of drug-likeness (QED) is 0.610. The number of carbonyl (C=O) groups is 1. The highest BCUT2D eigenvalue weighted by Crippen LogP contribution is 2.30. The van der Waals surface area contributed by atoms with Crippen molar-refractivity contribution in [3.63, 3.8) is 0 Å². The minimum atomic E-state index is -0.946. The van der Waals surface area contributed by atoms with Gasteiger partial charge in [0.15, 0.2) is 18.2 Å². The molecular formula is C18H20F2N3O3+. The van der Waals surface area contributed by atoms with Crippen LogP contribution < -0.4 is 10.6 Å². The largest absolute Gasteiger partial charge is 0.333 e. The number of nitrogens with one attached hydrogen (secondary N) is 1. The molecule has 26 heavy (non-hydrogen) atoms. The zero-order valence-corrected chi connectivity index (χ0v) is 14.7. The van der Waals surface area contributed by atoms with E-state index in [-0.39, 0.29) is 24.0 Å². The summed E-state index contributed by atoms with van der Waals surface area (Å²) in [7, 11) is 0. The molecule has 0 heterocycles. The Hall–Kier alpha value is -2.87. The summed E-state index contributed by atoms with van der Waals surface area (Å²) >= 11 is 0. The fourth-order valence-electron chi connectivity index (χ4n) is 2.52. The van der Waals surface area contributed by atoms with Crippen LogP contribution in [0.1, 0.15) is 29.7 Å². The standard InChI is InChI=1S/C18H19F2N3O3/c1-10-4-7-16(23(25)26)18(11(10)2)22-17(24)9-21-12(3)13-5-6-14(19)15(20)8-13/h4-8,12,21H,9H2,1-3H3,(H,22,24)/p+1/t12-/m0/s1. The van der Waals surface area contributed by atoms with Crippen molar-refractivity contribution in [1.82, 2.24) is 0 Å². The number of nitro benzene ring substituents is 1. The van der Waals surface area contributed by atoms with Gasteiger partial charge in [-0.15, -0.1) is 0 Å². The van der Waals surface area contributed by atoms with Crippen molar-refractivity contribution < 1.29 is 23.8 Å². The minimum absolute atomic E-state index is 0.0231. The van der Waals surface area contributed by atoms with Gasteiger partial charge in [-0.2, -0.15) is 0 Å². The van der Waals surface area contributed by atoms with Crippen LogP contribution in [0.4, 0.5) is 20.2 Å². The number of amides is 1. The van der Waals surface area contributed by atoms with Crippen LogP contribution in [0.5, 0.6) is 0 Å². The van der Waals surface area contributed by atoms with Gasteiger partial charge in [-0.25, -0.2) is 8.78 Å². The highest BCUT2D eigenvalue weighted by atomic mass is 19.2. The summed E-state index contributed by atoms with van der Waals surface area (Å²) < 4.78 is 26.3. The van der Waals surface area contributed by atoms with Crippen LogP contribution in [-0.4, -0.2) is 17.4 Å². The zero-order chi connectivity index (χ0) is 19.4. The first kappa shape index (κ1) is 19.5. The summed E-state index contributed by atoms with van der Waals surface area (Å²) in [6.07, 6.45) is 0. The lowest BCUT2D eigenvalue weighted by atomic mass is 10.1. The molecule has 0 aliphatic rings. The van der Waals surface area contributed by atoms with Crippen LogP contribution in [0.3, 0.4) is 0 Å². The SMILES string of the molecule is Cc1ccc([N+](=O)[O-])c(NC(=O)C[NH2+][C@@H](C)c2ccc(F)c(F)c2)c1C. The van der Waals surface area contributed by atoms with Gasteiger partial charge in [-0.3, -0.25) is 14.9 Å². The molecule has 1 amide bonds. The summed E-state index contributed by atoms with van der Waals surface area (Å²) in [5, 5.41) is 15.4. The van der Waals surface area contributed by atoms with Crippen LogP contribution in [-0.2, 0) is 4.79 Å². The number of nitrogens with zero attached hydrogens (tertiary/aromatic N) is 1. The third-order valence-corrected chi connectivity index (χ3v) is 4.30. The van der Waals surface area contributed by atoms with Gasteiger partial charge in [0.25, 0.3) is 11.6 Å². The Morgan fingerprint density at radius 3 is 2.54 bits per heavy atom. The molecule has 1 atom stereocenters. The first-order valence-electron chi connectivity index (χ1n) is 8.03. The van der Waals surface area contributed by atoms with Gasteiger partial charge in [0.1, 0.15) is 11.7 Å². The highest BCUT2D eigenvalue weighted by Gasteiger charge is 2.21. The van der Waals surface area contributed by atoms with Gasteiger partial charge < -0.3 is 10.6 Å². The fourth-order valence-corrected chi connectivity index (χ4v) is 2.52. The summed E-state index contributed by atoms with van der Waals surface area (Å²) in [4.78, 5) is 22.8. The minimum Gasteiger partial charge on any atom is -0.333 e. The predicted molar refractivity (Wildman–Crippen MR) is 92.8 cm³/mol. The molecule has 0 bridgehead atoms. The Morgan fingerprint density at radius 1 is 1.23 bits per heavy atom. The lowest BCUT2D eigenvalue weighted by molar-refractivity contribution is -0.682. The number of hydrogen-bond donors (Lipinski definition) is 2. The molecule has 8 heteroatoms. The molecule has 0 saturated heterocycles. The molecule has 0 aromatic heterocycles. The molecule has 3 N–H and O–H groups in total. The molecule has 2 aromatic carbocycles. The smallest absolute Gasteiger partial charge is 0.293 e. The molecule has 6 nitrogen and oxygen atoms in total. The van der Waals surface area contributed by atoms with Crippen LogP contribution in [0, 0.1) is 35.6 Å². The van der Waals surface area contributed by atoms with E-state index in [4.69, 9.17) is 0 Å². The van der Waals surface area contributed by atoms with E-state index >= 15 is 0 Å². The summed E-state index contributed by atoms with van der Waals surface area (Å²) in [6.45, 7) is 5.22. The van der Waals surface area contributed by atoms with E-state index in [0.717, 1.165) is 17.7 Å². The van der Waals surface area contributed by atoms with Gasteiger partial charge in [0.2, 0.25) is 0 Å². The van der Waals surface area contributed by atoms with Crippen molar-refractivity contribution in [2.45, 2.75) is 26.8 Å². The molecule has 0 aliphatic heterocycles. The normalized spacial score (nSPS) is 11.9. The van der Waals surface area contributed by atoms with Crippen molar-refractivity contribution >= 4 is 17.3 Å². The van der Waals surface area contributed by atoms with E-state index in [1.807, 2.05) is 0 Å². The summed E-state index contributed by atoms with van der Waals surface area (Å²) in [5.41, 5.74) is 1.99. The Balaban J connectivity index is 2.06. The predicted octanol–water partition coefficient (Wildman–Crippen LogP) is 2.75. The number of benzene rings is 2. The molecular weight excluding hydrogens is 344 g/mol. The van der Waals surface area contributed by atoms with Crippen molar-refractivity contribution in [1.29, 1.82) is 0 Å². The second-order valence-electron chi connectivity index (χ2n) is 6.11. The molecule has 0 saturated carbocycles. The number of nitro groups is 1. The van der Waals surface area contributed by atoms with Crippen molar-refractivity contribution in [3.8, 4) is 0 Å². The average Bonchev–Trinajstić information content (AvgIpc) is 2.59. The van der Waals surface area contributed by atoms with E-state index in [1.54, 1.807) is 32.2 Å². The van der Waals surface area contributed by atoms with Gasteiger partial charge >= 0.3 is 0 Å². The number of carbonyl (C=O) groups excluding carboxylic acids is 1. The van der Waals surface area contributed by atoms with Gasteiger partial charge in [0, 0.05) is 11.6 Å². The van der Waals surface area contributed by atoms with Gasteiger partial charge in [-0.05, 0) is 50.1 Å². The first-order valence-corrected chi connectivity index (χ1v) is 8.03. The third kappa shape index (κ3) is 4.40. The maximum absolute atomic E-state index is 13.3. The molecule has 2 rings (SSSR count). The second kappa shape index (κ2) is 8.01. The van der Waals surface area contributed by atoms with E-state index in [1.165, 1.54) is 12.1 Å². The van der Waals surface area contributed by atoms with Crippen molar-refractivity contribution in [3.05, 3.63) is 68.8 Å². The summed E-state index contributed by atoms with van der Waals surface area (Å²) in [6, 6.07) is 6.27. The highest BCUT2D eigenvalue weighted by molar-refractivity contribution is 5.94. The van der Waals surface area contributed by atoms with Crippen molar-refractivity contribution in [2.24, 2.45) is 0 Å². The Bertz CT molecular complexity index is 856. The van der Waals surface area contributed by atoms with E-state index < -0.39 is 22.5 Å². The van der Waals surface area contributed by atoms with E-state index in [0.29, 0.717) is 11.1 Å². The third-order valence-electron chi connectivity index (χ3n) is 4.30. The van der Waals surface area contributed by atoms with E-state index in [9.17, 15) is 23.7 Å². The molecule has 0 radical (unpaired) electrons. The Kier molecular flexibility index (Phi) is 5.99. The topological polar surface area (TPSA) is 88.9 Å². The number of anilines is 1. The first-order chi connectivity index (χ1) is 12.2. The monoisotopic (exact) mass is 364 g/mol. The average molecular weight is 364 g/mol. The number of nitrogens with two attached hydrogens (primary N) is 1. The molecule has 138 valence electrons. The second-order valence-corrected chi connectivity index (χ2v) is 6.11. The lowest BCUT2D eigenvalue weighted by Crippen LogP contribution is -2.86. The fraction of sp³-hybridized carbons (Fsp3) is 0.278. The number of halogens is 2. The lowest BCUT2D eigenvalue weighted by Gasteiger charge is -2.13.